The van der Waals surface area contributed by atoms with Gasteiger partial charge in [-0.2, -0.15) is 5.10 Å². The van der Waals surface area contributed by atoms with Crippen LogP contribution in [0.25, 0.3) is 10.8 Å². The fourth-order valence-corrected chi connectivity index (χ4v) is 3.78. The molecule has 1 unspecified atom stereocenters. The van der Waals surface area contributed by atoms with Gasteiger partial charge in [0, 0.05) is 24.2 Å². The van der Waals surface area contributed by atoms with E-state index in [0.717, 1.165) is 28.8 Å². The van der Waals surface area contributed by atoms with Gasteiger partial charge >= 0.3 is 5.97 Å². The maximum absolute atomic E-state index is 12.9. The first-order valence-corrected chi connectivity index (χ1v) is 9.50. The van der Waals surface area contributed by atoms with Crippen LogP contribution in [-0.2, 0) is 23.0 Å². The lowest BCUT2D eigenvalue weighted by Crippen LogP contribution is -2.44. The van der Waals surface area contributed by atoms with Crippen molar-refractivity contribution in [3.05, 3.63) is 70.1 Å². The second-order valence-corrected chi connectivity index (χ2v) is 7.18. The topological polar surface area (TPSA) is 81.5 Å². The molecule has 0 spiro atoms. The molecule has 148 valence electrons. The Labute approximate surface area is 167 Å². The molecule has 1 aliphatic rings. The number of anilines is 1. The molecule has 29 heavy (non-hydrogen) atoms. The normalized spacial score (nSPS) is 15.8. The molecule has 1 amide bonds. The van der Waals surface area contributed by atoms with Crippen molar-refractivity contribution in [2.75, 3.05) is 11.5 Å². The van der Waals surface area contributed by atoms with E-state index < -0.39 is 12.6 Å². The van der Waals surface area contributed by atoms with Gasteiger partial charge in [0.25, 0.3) is 11.5 Å². The average molecular weight is 391 g/mol. The number of rotatable bonds is 3. The SMILES string of the molecule is CC1CCc2ccccc2N1C(=O)COC(=O)c1nn(C)c(=O)c2ccccc12. The van der Waals surface area contributed by atoms with Gasteiger partial charge in [-0.15, -0.1) is 0 Å². The molecule has 3 aromatic rings. The Bertz CT molecular complexity index is 1170. The van der Waals surface area contributed by atoms with Gasteiger partial charge in [0.2, 0.25) is 0 Å². The third-order valence-electron chi connectivity index (χ3n) is 5.27. The number of aryl methyl sites for hydroxylation is 2. The molecule has 0 N–H and O–H groups in total. The molecule has 0 fully saturated rings. The third kappa shape index (κ3) is 3.40. The van der Waals surface area contributed by atoms with Crippen molar-refractivity contribution >= 4 is 28.3 Å². The molecule has 0 aliphatic carbocycles. The van der Waals surface area contributed by atoms with Crippen LogP contribution in [0.15, 0.2) is 53.3 Å². The number of ether oxygens (including phenoxy) is 1. The second-order valence-electron chi connectivity index (χ2n) is 7.18. The lowest BCUT2D eigenvalue weighted by molar-refractivity contribution is -0.122. The number of para-hydroxylation sites is 1. The van der Waals surface area contributed by atoms with Gasteiger partial charge in [0.05, 0.1) is 5.39 Å². The summed E-state index contributed by atoms with van der Waals surface area (Å²) >= 11 is 0. The van der Waals surface area contributed by atoms with Crippen molar-refractivity contribution < 1.29 is 14.3 Å². The highest BCUT2D eigenvalue weighted by atomic mass is 16.5. The summed E-state index contributed by atoms with van der Waals surface area (Å²) < 4.78 is 6.40. The van der Waals surface area contributed by atoms with E-state index in [0.29, 0.717) is 10.8 Å². The number of esters is 1. The van der Waals surface area contributed by atoms with Gasteiger partial charge in [-0.1, -0.05) is 36.4 Å². The molecular formula is C22H21N3O4. The molecular weight excluding hydrogens is 370 g/mol. The van der Waals surface area contributed by atoms with Crippen LogP contribution in [0.4, 0.5) is 5.69 Å². The van der Waals surface area contributed by atoms with Crippen LogP contribution in [0.3, 0.4) is 0 Å². The summed E-state index contributed by atoms with van der Waals surface area (Å²) in [6.45, 7) is 1.59. The summed E-state index contributed by atoms with van der Waals surface area (Å²) in [5, 5.41) is 4.83. The van der Waals surface area contributed by atoms with Crippen molar-refractivity contribution in [2.24, 2.45) is 7.05 Å². The summed E-state index contributed by atoms with van der Waals surface area (Å²) in [7, 11) is 1.48. The van der Waals surface area contributed by atoms with E-state index in [-0.39, 0.29) is 23.2 Å². The minimum atomic E-state index is -0.733. The Kier molecular flexibility index (Phi) is 4.88. The standard InChI is InChI=1S/C22H21N3O4/c1-14-11-12-15-7-3-6-10-18(15)25(14)19(26)13-29-22(28)20-16-8-4-5-9-17(16)21(27)24(2)23-20/h3-10,14H,11-13H2,1-2H3. The number of hydrogen-bond donors (Lipinski definition) is 0. The highest BCUT2D eigenvalue weighted by molar-refractivity contribution is 6.03. The van der Waals surface area contributed by atoms with Crippen LogP contribution in [0.1, 0.15) is 29.4 Å². The number of benzene rings is 2. The van der Waals surface area contributed by atoms with E-state index >= 15 is 0 Å². The molecule has 2 aromatic carbocycles. The van der Waals surface area contributed by atoms with E-state index in [4.69, 9.17) is 4.74 Å². The quantitative estimate of drug-likeness (QED) is 0.641. The fraction of sp³-hybridized carbons (Fsp3) is 0.273. The molecule has 0 bridgehead atoms. The monoisotopic (exact) mass is 391 g/mol. The second kappa shape index (κ2) is 7.50. The number of carbonyl (C=O) groups excluding carboxylic acids is 2. The van der Waals surface area contributed by atoms with Crippen LogP contribution in [0, 0.1) is 0 Å². The van der Waals surface area contributed by atoms with Gasteiger partial charge in [0.15, 0.2) is 12.3 Å². The van der Waals surface area contributed by atoms with E-state index in [1.807, 2.05) is 31.2 Å². The molecule has 0 saturated carbocycles. The molecule has 1 atom stereocenters. The van der Waals surface area contributed by atoms with Crippen molar-refractivity contribution in [3.63, 3.8) is 0 Å². The van der Waals surface area contributed by atoms with E-state index in [1.165, 1.54) is 7.05 Å². The Hall–Kier alpha value is -3.48. The van der Waals surface area contributed by atoms with Crippen molar-refractivity contribution in [3.8, 4) is 0 Å². The molecule has 1 aliphatic heterocycles. The largest absolute Gasteiger partial charge is 0.451 e. The lowest BCUT2D eigenvalue weighted by Gasteiger charge is -2.35. The summed E-state index contributed by atoms with van der Waals surface area (Å²) in [4.78, 5) is 39.4. The van der Waals surface area contributed by atoms with Crippen LogP contribution in [0.5, 0.6) is 0 Å². The average Bonchev–Trinajstić information content (AvgIpc) is 2.74. The molecule has 7 heteroatoms. The van der Waals surface area contributed by atoms with Gasteiger partial charge in [-0.25, -0.2) is 9.48 Å². The molecule has 2 heterocycles. The number of fused-ring (bicyclic) bond motifs is 2. The zero-order chi connectivity index (χ0) is 20.5. The maximum atomic E-state index is 12.9. The number of aromatic nitrogens is 2. The van der Waals surface area contributed by atoms with E-state index in [9.17, 15) is 14.4 Å². The van der Waals surface area contributed by atoms with Crippen LogP contribution in [-0.4, -0.2) is 34.3 Å². The summed E-state index contributed by atoms with van der Waals surface area (Å²) in [6, 6.07) is 14.5. The fourth-order valence-electron chi connectivity index (χ4n) is 3.78. The highest BCUT2D eigenvalue weighted by Gasteiger charge is 2.29. The first-order valence-electron chi connectivity index (χ1n) is 9.50. The minimum Gasteiger partial charge on any atom is -0.451 e. The molecule has 4 rings (SSSR count). The Morgan fingerprint density at radius 1 is 1.10 bits per heavy atom. The summed E-state index contributed by atoms with van der Waals surface area (Å²) in [5.74, 6) is -1.02. The predicted octanol–water partition coefficient (Wildman–Crippen LogP) is 2.46. The lowest BCUT2D eigenvalue weighted by atomic mass is 9.96. The van der Waals surface area contributed by atoms with Crippen molar-refractivity contribution in [1.29, 1.82) is 0 Å². The van der Waals surface area contributed by atoms with Gasteiger partial charge in [0.1, 0.15) is 0 Å². The van der Waals surface area contributed by atoms with Crippen LogP contribution < -0.4 is 10.5 Å². The number of amides is 1. The van der Waals surface area contributed by atoms with Gasteiger partial charge < -0.3 is 9.64 Å². The Morgan fingerprint density at radius 3 is 2.59 bits per heavy atom. The zero-order valence-electron chi connectivity index (χ0n) is 16.3. The summed E-state index contributed by atoms with van der Waals surface area (Å²) in [5.41, 5.74) is 1.68. The molecule has 0 saturated heterocycles. The zero-order valence-corrected chi connectivity index (χ0v) is 16.3. The maximum Gasteiger partial charge on any atom is 0.359 e. The summed E-state index contributed by atoms with van der Waals surface area (Å²) in [6.07, 6.45) is 1.76. The Balaban J connectivity index is 1.57. The van der Waals surface area contributed by atoms with Crippen molar-refractivity contribution in [1.82, 2.24) is 9.78 Å². The van der Waals surface area contributed by atoms with Crippen LogP contribution >= 0.6 is 0 Å². The predicted molar refractivity (Wildman–Crippen MR) is 109 cm³/mol. The first-order chi connectivity index (χ1) is 14.0. The molecule has 7 nitrogen and oxygen atoms in total. The van der Waals surface area contributed by atoms with E-state index in [2.05, 4.69) is 5.10 Å². The molecule has 1 aromatic heterocycles. The van der Waals surface area contributed by atoms with Gasteiger partial charge in [-0.05, 0) is 37.5 Å². The number of carbonyl (C=O) groups is 2. The number of hydrogen-bond acceptors (Lipinski definition) is 5. The van der Waals surface area contributed by atoms with Gasteiger partial charge in [-0.3, -0.25) is 9.59 Å². The highest BCUT2D eigenvalue weighted by Crippen LogP contribution is 2.30. The first kappa shape index (κ1) is 18.9. The van der Waals surface area contributed by atoms with Crippen LogP contribution in [0.2, 0.25) is 0 Å². The Morgan fingerprint density at radius 2 is 1.79 bits per heavy atom. The number of nitrogens with zero attached hydrogens (tertiary/aromatic N) is 3. The third-order valence-corrected chi connectivity index (χ3v) is 5.27. The molecule has 0 radical (unpaired) electrons. The van der Waals surface area contributed by atoms with E-state index in [1.54, 1.807) is 29.2 Å². The smallest absolute Gasteiger partial charge is 0.359 e. The van der Waals surface area contributed by atoms with Crippen molar-refractivity contribution in [2.45, 2.75) is 25.8 Å². The minimum absolute atomic E-state index is 0.0163.